The number of hydrogen-bond acceptors (Lipinski definition) is 4. The Morgan fingerprint density at radius 2 is 1.96 bits per heavy atom. The van der Waals surface area contributed by atoms with Gasteiger partial charge in [0.15, 0.2) is 0 Å². The minimum atomic E-state index is -4.84. The second-order valence-corrected chi connectivity index (χ2v) is 7.44. The average molecular weight is 353 g/mol. The Kier molecular flexibility index (Phi) is 4.33. The van der Waals surface area contributed by atoms with Crippen LogP contribution in [0.5, 0.6) is 5.75 Å². The monoisotopic (exact) mass is 353 g/mol. The molecule has 2 atom stereocenters. The summed E-state index contributed by atoms with van der Waals surface area (Å²) in [5, 5.41) is 9.01. The van der Waals surface area contributed by atoms with Crippen molar-refractivity contribution in [2.45, 2.75) is 23.6 Å². The molecule has 23 heavy (non-hydrogen) atoms. The largest absolute Gasteiger partial charge is 0.481 e. The van der Waals surface area contributed by atoms with Crippen LogP contribution in [0, 0.1) is 5.92 Å². The van der Waals surface area contributed by atoms with Gasteiger partial charge >= 0.3 is 12.1 Å². The van der Waals surface area contributed by atoms with Crippen LogP contribution in [0.15, 0.2) is 23.1 Å². The number of carbonyl (C=O) groups is 1. The maximum absolute atomic E-state index is 12.9. The van der Waals surface area contributed by atoms with Crippen molar-refractivity contribution in [3.63, 3.8) is 0 Å². The Labute approximate surface area is 130 Å². The molecule has 1 aliphatic heterocycles. The van der Waals surface area contributed by atoms with Crippen LogP contribution in [0.2, 0.25) is 0 Å². The molecule has 0 amide bonds. The van der Waals surface area contributed by atoms with Gasteiger partial charge in [-0.1, -0.05) is 0 Å². The fourth-order valence-corrected chi connectivity index (χ4v) is 3.23. The van der Waals surface area contributed by atoms with Gasteiger partial charge in [-0.15, -0.1) is 0 Å². The van der Waals surface area contributed by atoms with E-state index in [0.29, 0.717) is 0 Å². The van der Waals surface area contributed by atoms with Crippen LogP contribution in [0.1, 0.15) is 5.56 Å². The molecule has 0 aliphatic carbocycles. The SMILES string of the molecule is CN(C)S(=O)(=O)c1ccc2c(c1)C[C@@H](C(=O)O)[C@@H](C(F)(F)F)O2. The molecule has 6 nitrogen and oxygen atoms in total. The molecule has 0 unspecified atom stereocenters. The Morgan fingerprint density at radius 1 is 1.35 bits per heavy atom. The normalized spacial score (nSPS) is 21.7. The number of nitrogens with zero attached hydrogens (tertiary/aromatic N) is 1. The van der Waals surface area contributed by atoms with E-state index in [2.05, 4.69) is 0 Å². The van der Waals surface area contributed by atoms with Crippen molar-refractivity contribution in [1.82, 2.24) is 4.31 Å². The van der Waals surface area contributed by atoms with Gasteiger partial charge in [0.05, 0.1) is 4.90 Å². The van der Waals surface area contributed by atoms with Gasteiger partial charge in [-0.3, -0.25) is 4.79 Å². The van der Waals surface area contributed by atoms with Crippen LogP contribution in [0.25, 0.3) is 0 Å². The standard InChI is InChI=1S/C13H14F3NO5S/c1-17(2)23(20,21)8-3-4-10-7(5-8)6-9(12(18)19)11(22-10)13(14,15)16/h3-5,9,11H,6H2,1-2H3,(H,18,19)/t9-,11+/m1/s1. The van der Waals surface area contributed by atoms with Gasteiger partial charge in [0.2, 0.25) is 16.1 Å². The molecule has 0 spiro atoms. The summed E-state index contributed by atoms with van der Waals surface area (Å²) >= 11 is 0. The molecule has 0 fully saturated rings. The van der Waals surface area contributed by atoms with Crippen molar-refractivity contribution in [1.29, 1.82) is 0 Å². The topological polar surface area (TPSA) is 83.9 Å². The second-order valence-electron chi connectivity index (χ2n) is 5.29. The maximum atomic E-state index is 12.9. The molecule has 0 bridgehead atoms. The number of alkyl halides is 3. The molecule has 1 N–H and O–H groups in total. The summed E-state index contributed by atoms with van der Waals surface area (Å²) in [5.41, 5.74) is 0.112. The van der Waals surface area contributed by atoms with Crippen LogP contribution < -0.4 is 4.74 Å². The molecule has 0 radical (unpaired) electrons. The third-order valence-corrected chi connectivity index (χ3v) is 5.32. The second kappa shape index (κ2) is 5.68. The highest BCUT2D eigenvalue weighted by Crippen LogP contribution is 2.39. The van der Waals surface area contributed by atoms with Gasteiger partial charge in [0.1, 0.15) is 11.7 Å². The van der Waals surface area contributed by atoms with Crippen molar-refractivity contribution >= 4 is 16.0 Å². The van der Waals surface area contributed by atoms with Crippen LogP contribution in [0.4, 0.5) is 13.2 Å². The van der Waals surface area contributed by atoms with E-state index in [-0.39, 0.29) is 16.2 Å². The number of carboxylic acids is 1. The zero-order chi connectivity index (χ0) is 17.6. The first-order valence-electron chi connectivity index (χ1n) is 6.46. The Morgan fingerprint density at radius 3 is 2.43 bits per heavy atom. The summed E-state index contributed by atoms with van der Waals surface area (Å²) in [6, 6.07) is 3.39. The molecule has 0 aromatic heterocycles. The summed E-state index contributed by atoms with van der Waals surface area (Å²) in [7, 11) is -1.16. The van der Waals surface area contributed by atoms with Crippen LogP contribution >= 0.6 is 0 Å². The molecule has 0 saturated carbocycles. The van der Waals surface area contributed by atoms with Gasteiger partial charge in [-0.2, -0.15) is 13.2 Å². The number of fused-ring (bicyclic) bond motifs is 1. The quantitative estimate of drug-likeness (QED) is 0.890. The van der Waals surface area contributed by atoms with E-state index in [0.717, 1.165) is 22.5 Å². The number of benzene rings is 1. The predicted octanol–water partition coefficient (Wildman–Crippen LogP) is 1.50. The van der Waals surface area contributed by atoms with E-state index < -0.39 is 40.6 Å². The summed E-state index contributed by atoms with van der Waals surface area (Å²) in [6.45, 7) is 0. The number of rotatable bonds is 3. The fraction of sp³-hybridized carbons (Fsp3) is 0.462. The molecule has 0 saturated heterocycles. The first-order chi connectivity index (χ1) is 10.4. The summed E-state index contributed by atoms with van der Waals surface area (Å²) in [6.07, 6.45) is -7.77. The lowest BCUT2D eigenvalue weighted by molar-refractivity contribution is -0.217. The number of halogens is 3. The van der Waals surface area contributed by atoms with Crippen molar-refractivity contribution < 1.29 is 36.2 Å². The van der Waals surface area contributed by atoms with E-state index in [1.54, 1.807) is 0 Å². The highest BCUT2D eigenvalue weighted by atomic mass is 32.2. The number of hydrogen-bond donors (Lipinski definition) is 1. The summed E-state index contributed by atoms with van der Waals surface area (Å²) < 4.78 is 68.6. The van der Waals surface area contributed by atoms with E-state index in [9.17, 15) is 26.4 Å². The predicted molar refractivity (Wildman–Crippen MR) is 72.6 cm³/mol. The Bertz CT molecular complexity index is 730. The number of carboxylic acid groups (broad SMARTS) is 1. The van der Waals surface area contributed by atoms with Gasteiger partial charge < -0.3 is 9.84 Å². The third-order valence-electron chi connectivity index (χ3n) is 3.51. The maximum Gasteiger partial charge on any atom is 0.426 e. The van der Waals surface area contributed by atoms with E-state index in [4.69, 9.17) is 9.84 Å². The molecule has 1 aromatic carbocycles. The highest BCUT2D eigenvalue weighted by molar-refractivity contribution is 7.89. The molecular weight excluding hydrogens is 339 g/mol. The lowest BCUT2D eigenvalue weighted by atomic mass is 9.90. The first kappa shape index (κ1) is 17.5. The van der Waals surface area contributed by atoms with Crippen molar-refractivity contribution in [2.75, 3.05) is 14.1 Å². The highest BCUT2D eigenvalue weighted by Gasteiger charge is 2.52. The molecule has 2 rings (SSSR count). The minimum Gasteiger partial charge on any atom is -0.481 e. The molecule has 1 heterocycles. The molecule has 1 aromatic rings. The van der Waals surface area contributed by atoms with Gasteiger partial charge in [0.25, 0.3) is 0 Å². The zero-order valence-corrected chi connectivity index (χ0v) is 13.0. The van der Waals surface area contributed by atoms with Crippen molar-refractivity contribution in [3.05, 3.63) is 23.8 Å². The molecule has 10 heteroatoms. The molecule has 128 valence electrons. The van der Waals surface area contributed by atoms with Crippen LogP contribution in [0.3, 0.4) is 0 Å². The summed E-state index contributed by atoms with van der Waals surface area (Å²) in [5.74, 6) is -3.65. The van der Waals surface area contributed by atoms with E-state index in [1.165, 1.54) is 14.1 Å². The zero-order valence-electron chi connectivity index (χ0n) is 12.2. The van der Waals surface area contributed by atoms with E-state index in [1.807, 2.05) is 0 Å². The minimum absolute atomic E-state index is 0.112. The lowest BCUT2D eigenvalue weighted by Crippen LogP contribution is -2.47. The fourth-order valence-electron chi connectivity index (χ4n) is 2.28. The Hall–Kier alpha value is -1.81. The van der Waals surface area contributed by atoms with Gasteiger partial charge in [-0.25, -0.2) is 12.7 Å². The first-order valence-corrected chi connectivity index (χ1v) is 7.90. The van der Waals surface area contributed by atoms with Gasteiger partial charge in [0, 0.05) is 14.1 Å². The third kappa shape index (κ3) is 3.27. The van der Waals surface area contributed by atoms with Crippen LogP contribution in [-0.4, -0.2) is 50.2 Å². The number of ether oxygens (including phenoxy) is 1. The molecular formula is C13H14F3NO5S. The number of aliphatic carboxylic acids is 1. The molecule has 1 aliphatic rings. The van der Waals surface area contributed by atoms with Gasteiger partial charge in [-0.05, 0) is 30.2 Å². The van der Waals surface area contributed by atoms with Crippen molar-refractivity contribution in [3.8, 4) is 5.75 Å². The average Bonchev–Trinajstić information content (AvgIpc) is 2.43. The summed E-state index contributed by atoms with van der Waals surface area (Å²) in [4.78, 5) is 11.0. The Balaban J connectivity index is 2.47. The van der Waals surface area contributed by atoms with Crippen molar-refractivity contribution in [2.24, 2.45) is 5.92 Å². The smallest absolute Gasteiger partial charge is 0.426 e. The van der Waals surface area contributed by atoms with Crippen LogP contribution in [-0.2, 0) is 21.2 Å². The number of sulfonamides is 1. The van der Waals surface area contributed by atoms with E-state index >= 15 is 0 Å². The lowest BCUT2D eigenvalue weighted by Gasteiger charge is -2.32.